The van der Waals surface area contributed by atoms with Gasteiger partial charge in [-0.25, -0.2) is 5.92 Å². The number of rotatable bonds is 0. The molecule has 4 aliphatic rings. The summed E-state index contributed by atoms with van der Waals surface area (Å²) in [5, 5.41) is 0. The van der Waals surface area contributed by atoms with Crippen molar-refractivity contribution in [2.24, 2.45) is 16.7 Å². The van der Waals surface area contributed by atoms with Gasteiger partial charge in [-0.05, 0) is 0 Å². The second-order valence-corrected chi connectivity index (χ2v) is 3.86. The molecule has 2 bridgehead atoms. The number of hydrogen-bond acceptors (Lipinski definition) is 0. The van der Waals surface area contributed by atoms with Gasteiger partial charge >= 0.3 is 18.9 Å². The molecule has 4 aliphatic carbocycles. The van der Waals surface area contributed by atoms with E-state index in [4.69, 9.17) is 0 Å². The summed E-state index contributed by atoms with van der Waals surface area (Å²) in [4.78, 5) is 0. The van der Waals surface area contributed by atoms with Crippen molar-refractivity contribution >= 4 is 0 Å². The summed E-state index contributed by atoms with van der Waals surface area (Å²) >= 11 is 0. The van der Waals surface area contributed by atoms with Crippen molar-refractivity contribution in [1.29, 1.82) is 0 Å². The van der Waals surface area contributed by atoms with Gasteiger partial charge in [0.15, 0.2) is 0 Å². The topological polar surface area (TPSA) is 0 Å². The predicted molar refractivity (Wildman–Crippen MR) is 27.6 cm³/mol. The van der Waals surface area contributed by atoms with Crippen LogP contribution in [0.15, 0.2) is 0 Å². The maximum atomic E-state index is 2.40. The molecule has 4 rings (SSSR count). The van der Waals surface area contributed by atoms with Crippen molar-refractivity contribution in [1.82, 2.24) is 0 Å². The zero-order valence-electron chi connectivity index (χ0n) is 5.78. The fourth-order valence-electron chi connectivity index (χ4n) is 3.16. The van der Waals surface area contributed by atoms with E-state index in [0.29, 0.717) is 0 Å². The molecule has 0 spiro atoms. The van der Waals surface area contributed by atoms with Crippen molar-refractivity contribution in [3.05, 3.63) is 5.92 Å². The van der Waals surface area contributed by atoms with Gasteiger partial charge in [-0.15, -0.1) is 6.42 Å². The molecule has 0 amide bonds. The molecule has 4 fully saturated rings. The van der Waals surface area contributed by atoms with Gasteiger partial charge in [-0.3, -0.25) is 0 Å². The van der Waals surface area contributed by atoms with Crippen LogP contribution in [0.3, 0.4) is 0 Å². The van der Waals surface area contributed by atoms with E-state index in [9.17, 15) is 0 Å². The van der Waals surface area contributed by atoms with E-state index in [1.165, 1.54) is 6.42 Å². The van der Waals surface area contributed by atoms with Crippen molar-refractivity contribution in [3.8, 4) is 0 Å². The van der Waals surface area contributed by atoms with Gasteiger partial charge in [-0.2, -0.15) is 10.8 Å². The van der Waals surface area contributed by atoms with Crippen LogP contribution in [0.2, 0.25) is 0 Å². The maximum Gasteiger partial charge on any atom is 1.00 e. The van der Waals surface area contributed by atoms with E-state index in [1.54, 1.807) is 0 Å². The SMILES string of the molecule is CC12CC3(C)[C-]1C23.[Li+]. The van der Waals surface area contributed by atoms with Crippen LogP contribution >= 0.6 is 0 Å². The second-order valence-electron chi connectivity index (χ2n) is 3.86. The molecule has 8 heavy (non-hydrogen) atoms. The Morgan fingerprint density at radius 1 is 1.38 bits per heavy atom. The van der Waals surface area contributed by atoms with Crippen LogP contribution in [0.5, 0.6) is 0 Å². The fraction of sp³-hybridized carbons (Fsp3) is 0.857. The molecule has 0 heterocycles. The average molecular weight is 100 g/mol. The predicted octanol–water partition coefficient (Wildman–Crippen LogP) is -1.38. The zero-order valence-corrected chi connectivity index (χ0v) is 5.78. The Morgan fingerprint density at radius 2 is 1.75 bits per heavy atom. The summed E-state index contributed by atoms with van der Waals surface area (Å²) in [7, 11) is 0. The first kappa shape index (κ1) is 5.39. The minimum absolute atomic E-state index is 0. The van der Waals surface area contributed by atoms with Crippen molar-refractivity contribution in [3.63, 3.8) is 0 Å². The van der Waals surface area contributed by atoms with Gasteiger partial charge in [-0.1, -0.05) is 13.8 Å². The third kappa shape index (κ3) is 0.221. The molecule has 0 aromatic heterocycles. The third-order valence-corrected chi connectivity index (χ3v) is 3.36. The van der Waals surface area contributed by atoms with Crippen LogP contribution in [0.25, 0.3) is 0 Å². The molecule has 0 nitrogen and oxygen atoms in total. The van der Waals surface area contributed by atoms with E-state index in [0.717, 1.165) is 16.7 Å². The quantitative estimate of drug-likeness (QED) is 0.260. The van der Waals surface area contributed by atoms with Gasteiger partial charge in [0.2, 0.25) is 0 Å². The van der Waals surface area contributed by atoms with Gasteiger partial charge in [0.25, 0.3) is 0 Å². The Balaban J connectivity index is 0.000000270. The molecule has 0 aromatic rings. The minimum atomic E-state index is 0. The summed E-state index contributed by atoms with van der Waals surface area (Å²) in [6.07, 6.45) is 1.51. The van der Waals surface area contributed by atoms with Crippen molar-refractivity contribution in [2.75, 3.05) is 0 Å². The Bertz CT molecular complexity index is 136. The monoisotopic (exact) mass is 100 g/mol. The first-order valence-electron chi connectivity index (χ1n) is 3.07. The summed E-state index contributed by atoms with van der Waals surface area (Å²) in [6, 6.07) is 0. The molecule has 1 heteroatoms. The van der Waals surface area contributed by atoms with Crippen LogP contribution in [0, 0.1) is 22.7 Å². The van der Waals surface area contributed by atoms with Crippen molar-refractivity contribution in [2.45, 2.75) is 20.3 Å². The Hall–Kier alpha value is 0.597. The summed E-state index contributed by atoms with van der Waals surface area (Å²) < 4.78 is 0. The van der Waals surface area contributed by atoms with Crippen LogP contribution in [0.1, 0.15) is 20.3 Å². The van der Waals surface area contributed by atoms with Crippen LogP contribution in [-0.2, 0) is 0 Å². The Kier molecular flexibility index (Phi) is 0.580. The molecular formula is C7H9Li. The molecule has 2 atom stereocenters. The summed E-state index contributed by atoms with van der Waals surface area (Å²) in [5.41, 5.74) is 1.66. The largest absolute Gasteiger partial charge is 1.00 e. The van der Waals surface area contributed by atoms with Crippen LogP contribution < -0.4 is 18.9 Å². The first-order valence-corrected chi connectivity index (χ1v) is 3.07. The Labute approximate surface area is 62.2 Å². The van der Waals surface area contributed by atoms with Crippen LogP contribution in [-0.4, -0.2) is 0 Å². The zero-order chi connectivity index (χ0) is 4.86. The van der Waals surface area contributed by atoms with E-state index in [2.05, 4.69) is 13.8 Å². The summed E-state index contributed by atoms with van der Waals surface area (Å²) in [6.45, 7) is 4.80. The Morgan fingerprint density at radius 3 is 1.75 bits per heavy atom. The van der Waals surface area contributed by atoms with Gasteiger partial charge in [0.05, 0.1) is 0 Å². The molecule has 0 radical (unpaired) electrons. The average Bonchev–Trinajstić information content (AvgIpc) is 2.27. The number of hydrogen-bond donors (Lipinski definition) is 0. The van der Waals surface area contributed by atoms with Crippen LogP contribution in [0.4, 0.5) is 0 Å². The molecule has 38 valence electrons. The van der Waals surface area contributed by atoms with Crippen molar-refractivity contribution < 1.29 is 18.9 Å². The fourth-order valence-corrected chi connectivity index (χ4v) is 3.16. The first-order chi connectivity index (χ1) is 3.20. The van der Waals surface area contributed by atoms with E-state index >= 15 is 0 Å². The van der Waals surface area contributed by atoms with E-state index in [-0.39, 0.29) is 18.9 Å². The van der Waals surface area contributed by atoms with E-state index in [1.807, 2.05) is 5.92 Å². The normalized spacial score (nSPS) is 72.0. The molecule has 0 aromatic carbocycles. The molecule has 4 saturated carbocycles. The molecule has 0 aliphatic heterocycles. The molecular weight excluding hydrogens is 91.0 g/mol. The maximum absolute atomic E-state index is 2.40. The minimum Gasteiger partial charge on any atom is -0.307 e. The van der Waals surface area contributed by atoms with E-state index < -0.39 is 0 Å². The smallest absolute Gasteiger partial charge is 0.307 e. The molecule has 2 unspecified atom stereocenters. The second kappa shape index (κ2) is 0.861. The van der Waals surface area contributed by atoms with Gasteiger partial charge < -0.3 is 5.92 Å². The molecule has 0 saturated heterocycles. The standard InChI is InChI=1S/C7H9.Li/c1-6-3-7(2)4(6)5(6)7;/h4H,3H2,1-2H3;/q-1;+1. The summed E-state index contributed by atoms with van der Waals surface area (Å²) in [5.74, 6) is 3.03. The molecule has 0 N–H and O–H groups in total. The third-order valence-electron chi connectivity index (χ3n) is 3.36. The van der Waals surface area contributed by atoms with Gasteiger partial charge in [0.1, 0.15) is 0 Å². The van der Waals surface area contributed by atoms with Gasteiger partial charge in [0, 0.05) is 0 Å².